The van der Waals surface area contributed by atoms with E-state index in [0.29, 0.717) is 16.3 Å². The molecule has 1 aliphatic heterocycles. The van der Waals surface area contributed by atoms with E-state index in [-0.39, 0.29) is 18.4 Å². The van der Waals surface area contributed by atoms with Crippen LogP contribution in [0.2, 0.25) is 5.02 Å². The fraction of sp³-hybridized carbons (Fsp3) is 0.375. The van der Waals surface area contributed by atoms with E-state index in [1.54, 1.807) is 17.0 Å². The van der Waals surface area contributed by atoms with Gasteiger partial charge in [0.2, 0.25) is 5.91 Å². The Kier molecular flexibility index (Phi) is 5.65. The van der Waals surface area contributed by atoms with Gasteiger partial charge in [0.1, 0.15) is 17.9 Å². The Bertz CT molecular complexity index is 1020. The predicted molar refractivity (Wildman–Crippen MR) is 120 cm³/mol. The third kappa shape index (κ3) is 3.99. The first-order valence-electron chi connectivity index (χ1n) is 10.4. The molecule has 0 radical (unpaired) electrons. The molecule has 2 aromatic rings. The van der Waals surface area contributed by atoms with Gasteiger partial charge < -0.3 is 10.2 Å². The van der Waals surface area contributed by atoms with Gasteiger partial charge in [-0.3, -0.25) is 14.6 Å². The molecule has 0 bridgehead atoms. The largest absolute Gasteiger partial charge is 0.324 e. The predicted octanol–water partition coefficient (Wildman–Crippen LogP) is 4.89. The maximum atomic E-state index is 13.4. The van der Waals surface area contributed by atoms with Gasteiger partial charge in [0.05, 0.1) is 0 Å². The van der Waals surface area contributed by atoms with Gasteiger partial charge in [0.25, 0.3) is 5.91 Å². The maximum Gasteiger partial charge on any atom is 0.275 e. The summed E-state index contributed by atoms with van der Waals surface area (Å²) in [7, 11) is 0. The Hall–Kier alpha value is -2.66. The molecule has 2 aromatic carbocycles. The summed E-state index contributed by atoms with van der Waals surface area (Å²) in [6.07, 6.45) is 4.67. The molecule has 1 heterocycles. The standard InChI is InChI=1S/C24H26ClN3O2/c1-16-9-10-20(17(2)13-16)26-21(29)15-28-23(30)22(18-7-6-8-19(25)14-18)27-24(28)11-4-3-5-12-24/h6-10,13-14H,3-5,11-12,15H2,1-2H3,(H,26,29). The zero-order chi connectivity index (χ0) is 21.3. The fourth-order valence-electron chi connectivity index (χ4n) is 4.46. The summed E-state index contributed by atoms with van der Waals surface area (Å²) >= 11 is 6.14. The molecule has 30 heavy (non-hydrogen) atoms. The van der Waals surface area contributed by atoms with Crippen molar-refractivity contribution in [3.8, 4) is 0 Å². The molecule has 4 rings (SSSR count). The number of amides is 2. The molecular weight excluding hydrogens is 398 g/mol. The Labute approximate surface area is 182 Å². The van der Waals surface area contributed by atoms with E-state index >= 15 is 0 Å². The van der Waals surface area contributed by atoms with Crippen molar-refractivity contribution < 1.29 is 9.59 Å². The van der Waals surface area contributed by atoms with Crippen LogP contribution in [0.4, 0.5) is 5.69 Å². The first-order valence-corrected chi connectivity index (χ1v) is 10.8. The van der Waals surface area contributed by atoms with Crippen molar-refractivity contribution in [2.24, 2.45) is 4.99 Å². The third-order valence-corrected chi connectivity index (χ3v) is 6.22. The van der Waals surface area contributed by atoms with Gasteiger partial charge >= 0.3 is 0 Å². The minimum Gasteiger partial charge on any atom is -0.324 e. The quantitative estimate of drug-likeness (QED) is 0.761. The minimum atomic E-state index is -0.632. The molecule has 1 saturated carbocycles. The molecule has 6 heteroatoms. The van der Waals surface area contributed by atoms with Crippen molar-refractivity contribution in [3.05, 3.63) is 64.2 Å². The van der Waals surface area contributed by atoms with Crippen molar-refractivity contribution in [2.75, 3.05) is 11.9 Å². The van der Waals surface area contributed by atoms with Crippen molar-refractivity contribution in [2.45, 2.75) is 51.6 Å². The van der Waals surface area contributed by atoms with Crippen LogP contribution in [0.5, 0.6) is 0 Å². The molecule has 0 saturated heterocycles. The summed E-state index contributed by atoms with van der Waals surface area (Å²) in [5.41, 5.74) is 3.38. The first kappa shape index (κ1) is 20.6. The lowest BCUT2D eigenvalue weighted by Crippen LogP contribution is -2.51. The van der Waals surface area contributed by atoms with Crippen LogP contribution in [-0.2, 0) is 9.59 Å². The van der Waals surface area contributed by atoms with Gasteiger partial charge in [-0.2, -0.15) is 0 Å². The molecule has 1 aliphatic carbocycles. The highest BCUT2D eigenvalue weighted by atomic mass is 35.5. The van der Waals surface area contributed by atoms with Crippen molar-refractivity contribution in [1.82, 2.24) is 4.90 Å². The number of nitrogens with zero attached hydrogens (tertiary/aromatic N) is 2. The molecule has 0 aromatic heterocycles. The summed E-state index contributed by atoms with van der Waals surface area (Å²) in [5.74, 6) is -0.405. The number of aliphatic imine (C=N–C) groups is 1. The Balaban J connectivity index is 1.59. The number of carbonyl (C=O) groups is 2. The van der Waals surface area contributed by atoms with Gasteiger partial charge in [0.15, 0.2) is 0 Å². The fourth-order valence-corrected chi connectivity index (χ4v) is 4.65. The van der Waals surface area contributed by atoms with Crippen LogP contribution in [0.3, 0.4) is 0 Å². The van der Waals surface area contributed by atoms with Gasteiger partial charge in [-0.25, -0.2) is 0 Å². The highest BCUT2D eigenvalue weighted by Crippen LogP contribution is 2.39. The van der Waals surface area contributed by atoms with Gasteiger partial charge in [-0.15, -0.1) is 0 Å². The highest BCUT2D eigenvalue weighted by Gasteiger charge is 2.48. The van der Waals surface area contributed by atoms with Crippen LogP contribution in [0, 0.1) is 13.8 Å². The molecule has 2 aliphatic rings. The Morgan fingerprint density at radius 1 is 1.13 bits per heavy atom. The number of hydrogen-bond donors (Lipinski definition) is 1. The van der Waals surface area contributed by atoms with E-state index in [4.69, 9.17) is 16.6 Å². The molecule has 2 amide bonds. The van der Waals surface area contributed by atoms with Crippen LogP contribution < -0.4 is 5.32 Å². The van der Waals surface area contributed by atoms with Crippen LogP contribution >= 0.6 is 11.6 Å². The van der Waals surface area contributed by atoms with E-state index < -0.39 is 5.66 Å². The van der Waals surface area contributed by atoms with E-state index in [2.05, 4.69) is 5.32 Å². The van der Waals surface area contributed by atoms with Gasteiger partial charge in [-0.05, 0) is 63.3 Å². The number of aryl methyl sites for hydroxylation is 2. The molecule has 1 N–H and O–H groups in total. The number of benzene rings is 2. The van der Waals surface area contributed by atoms with E-state index in [1.807, 2.05) is 44.2 Å². The monoisotopic (exact) mass is 423 g/mol. The lowest BCUT2D eigenvalue weighted by Gasteiger charge is -2.38. The van der Waals surface area contributed by atoms with Crippen LogP contribution in [0.15, 0.2) is 47.5 Å². The molecule has 0 unspecified atom stereocenters. The molecule has 156 valence electrons. The van der Waals surface area contributed by atoms with Gasteiger partial charge in [0, 0.05) is 16.3 Å². The van der Waals surface area contributed by atoms with E-state index in [1.165, 1.54) is 0 Å². The summed E-state index contributed by atoms with van der Waals surface area (Å²) in [4.78, 5) is 32.8. The number of carbonyl (C=O) groups excluding carboxylic acids is 2. The zero-order valence-corrected chi connectivity index (χ0v) is 18.1. The number of rotatable bonds is 4. The lowest BCUT2D eigenvalue weighted by molar-refractivity contribution is -0.134. The van der Waals surface area contributed by atoms with E-state index in [9.17, 15) is 9.59 Å². The SMILES string of the molecule is Cc1ccc(NC(=O)CN2C(=O)C(c3cccc(Cl)c3)=NC23CCCCC3)c(C)c1. The topological polar surface area (TPSA) is 61.8 Å². The van der Waals surface area contributed by atoms with Crippen LogP contribution in [0.25, 0.3) is 0 Å². The molecule has 1 fully saturated rings. The second-order valence-electron chi connectivity index (χ2n) is 8.27. The Morgan fingerprint density at radius 2 is 1.90 bits per heavy atom. The average Bonchev–Trinajstić information content (AvgIpc) is 2.97. The summed E-state index contributed by atoms with van der Waals surface area (Å²) in [6, 6.07) is 13.1. The summed E-state index contributed by atoms with van der Waals surface area (Å²) in [5, 5.41) is 3.53. The number of hydrogen-bond acceptors (Lipinski definition) is 3. The second kappa shape index (κ2) is 8.23. The molecule has 0 atom stereocenters. The van der Waals surface area contributed by atoms with Crippen LogP contribution in [-0.4, -0.2) is 34.6 Å². The van der Waals surface area contributed by atoms with Crippen molar-refractivity contribution >= 4 is 34.8 Å². The minimum absolute atomic E-state index is 0.0142. The van der Waals surface area contributed by atoms with Crippen molar-refractivity contribution in [1.29, 1.82) is 0 Å². The molecular formula is C24H26ClN3O2. The van der Waals surface area contributed by atoms with Gasteiger partial charge in [-0.1, -0.05) is 47.9 Å². The third-order valence-electron chi connectivity index (χ3n) is 5.98. The maximum absolute atomic E-state index is 13.4. The first-order chi connectivity index (χ1) is 14.4. The Morgan fingerprint density at radius 3 is 2.60 bits per heavy atom. The normalized spacial score (nSPS) is 17.9. The molecule has 1 spiro atoms. The smallest absolute Gasteiger partial charge is 0.275 e. The van der Waals surface area contributed by atoms with E-state index in [0.717, 1.165) is 48.9 Å². The second-order valence-corrected chi connectivity index (χ2v) is 8.71. The lowest BCUT2D eigenvalue weighted by atomic mass is 9.88. The number of halogens is 1. The van der Waals surface area contributed by atoms with Crippen molar-refractivity contribution in [3.63, 3.8) is 0 Å². The number of nitrogens with one attached hydrogen (secondary N) is 1. The number of anilines is 1. The highest BCUT2D eigenvalue weighted by molar-refractivity contribution is 6.47. The molecule has 5 nitrogen and oxygen atoms in total. The summed E-state index contributed by atoms with van der Waals surface area (Å²) < 4.78 is 0. The summed E-state index contributed by atoms with van der Waals surface area (Å²) in [6.45, 7) is 3.97. The zero-order valence-electron chi connectivity index (χ0n) is 17.4. The van der Waals surface area contributed by atoms with Crippen LogP contribution in [0.1, 0.15) is 48.8 Å². The average molecular weight is 424 g/mol.